The van der Waals surface area contributed by atoms with Crippen LogP contribution in [0.1, 0.15) is 61.2 Å². The van der Waals surface area contributed by atoms with E-state index in [-0.39, 0.29) is 48.2 Å². The van der Waals surface area contributed by atoms with E-state index in [1.165, 1.54) is 12.1 Å². The molecule has 5 rings (SSSR count). The molecular formula is C34H40N4O8. The van der Waals surface area contributed by atoms with Gasteiger partial charge in [0.2, 0.25) is 5.91 Å². The third-order valence-electron chi connectivity index (χ3n) is 8.39. The Bertz CT molecular complexity index is 1460. The molecule has 3 N–H and O–H groups in total. The number of nitrogens with zero attached hydrogens (tertiary/aromatic N) is 3. The third-order valence-corrected chi connectivity index (χ3v) is 8.39. The van der Waals surface area contributed by atoms with Crippen LogP contribution in [0, 0.1) is 10.1 Å². The van der Waals surface area contributed by atoms with Crippen molar-refractivity contribution >= 4 is 28.9 Å². The van der Waals surface area contributed by atoms with Crippen LogP contribution in [-0.2, 0) is 25.7 Å². The van der Waals surface area contributed by atoms with Gasteiger partial charge < -0.3 is 29.9 Å². The maximum atomic E-state index is 12.3. The van der Waals surface area contributed by atoms with E-state index in [0.29, 0.717) is 24.9 Å². The van der Waals surface area contributed by atoms with Crippen molar-refractivity contribution < 1.29 is 34.2 Å². The van der Waals surface area contributed by atoms with Gasteiger partial charge in [-0.15, -0.1) is 0 Å². The van der Waals surface area contributed by atoms with Crippen molar-refractivity contribution in [3.63, 3.8) is 0 Å². The highest BCUT2D eigenvalue weighted by atomic mass is 16.7. The van der Waals surface area contributed by atoms with E-state index in [2.05, 4.69) is 15.1 Å². The van der Waals surface area contributed by atoms with Gasteiger partial charge in [0.15, 0.2) is 6.29 Å². The summed E-state index contributed by atoms with van der Waals surface area (Å²) in [5.74, 6) is -1.03. The fraction of sp³-hybridized carbons (Fsp3) is 0.412. The van der Waals surface area contributed by atoms with E-state index in [1.807, 2.05) is 48.5 Å². The molecule has 2 fully saturated rings. The Morgan fingerprint density at radius 3 is 2.15 bits per heavy atom. The van der Waals surface area contributed by atoms with E-state index >= 15 is 0 Å². The van der Waals surface area contributed by atoms with Crippen LogP contribution in [0.4, 0.5) is 17.1 Å². The molecule has 3 unspecified atom stereocenters. The maximum Gasteiger partial charge on any atom is 0.303 e. The monoisotopic (exact) mass is 632 g/mol. The smallest absolute Gasteiger partial charge is 0.303 e. The third kappa shape index (κ3) is 9.10. The van der Waals surface area contributed by atoms with Crippen molar-refractivity contribution in [1.82, 2.24) is 4.90 Å². The molecule has 0 aromatic heterocycles. The predicted molar refractivity (Wildman–Crippen MR) is 171 cm³/mol. The number of piperazine rings is 1. The maximum absolute atomic E-state index is 12.3. The van der Waals surface area contributed by atoms with Crippen LogP contribution >= 0.6 is 0 Å². The molecule has 1 amide bonds. The number of benzene rings is 3. The largest absolute Gasteiger partial charge is 0.481 e. The number of carbonyl (C=O) groups excluding carboxylic acids is 1. The number of nitro benzene ring substituents is 1. The number of amides is 1. The molecule has 12 nitrogen and oxygen atoms in total. The number of hydrogen-bond donors (Lipinski definition) is 3. The molecule has 2 heterocycles. The van der Waals surface area contributed by atoms with Crippen molar-refractivity contribution in [3.05, 3.63) is 99.6 Å². The number of anilines is 2. The molecule has 2 aliphatic rings. The highest BCUT2D eigenvalue weighted by molar-refractivity contribution is 5.90. The Hall–Kier alpha value is -4.36. The number of aliphatic hydroxyl groups is 1. The Morgan fingerprint density at radius 2 is 1.52 bits per heavy atom. The molecule has 2 saturated heterocycles. The number of carboxylic acid groups (broad SMARTS) is 1. The van der Waals surface area contributed by atoms with Gasteiger partial charge in [0, 0.05) is 81.1 Å². The molecule has 0 saturated carbocycles. The number of nitrogens with one attached hydrogen (secondary N) is 1. The summed E-state index contributed by atoms with van der Waals surface area (Å²) in [6.07, 6.45) is 0.976. The molecule has 0 bridgehead atoms. The average Bonchev–Trinajstić information content (AvgIpc) is 3.07. The van der Waals surface area contributed by atoms with Gasteiger partial charge in [-0.3, -0.25) is 24.6 Å². The zero-order valence-corrected chi connectivity index (χ0v) is 25.6. The van der Waals surface area contributed by atoms with Crippen molar-refractivity contribution in [2.75, 3.05) is 42.9 Å². The number of nitro groups is 1. The fourth-order valence-corrected chi connectivity index (χ4v) is 5.80. The Labute approximate surface area is 267 Å². The Balaban J connectivity index is 1.21. The minimum atomic E-state index is -0.864. The Kier molecular flexibility index (Phi) is 11.3. The van der Waals surface area contributed by atoms with E-state index in [0.717, 1.165) is 55.1 Å². The Morgan fingerprint density at radius 1 is 0.870 bits per heavy atom. The van der Waals surface area contributed by atoms with Crippen LogP contribution in [-0.4, -0.2) is 70.7 Å². The summed E-state index contributed by atoms with van der Waals surface area (Å²) in [6, 6.07) is 21.8. The minimum absolute atomic E-state index is 0.0305. The van der Waals surface area contributed by atoms with Crippen molar-refractivity contribution in [3.8, 4) is 0 Å². The first-order chi connectivity index (χ1) is 22.3. The second kappa shape index (κ2) is 15.8. The van der Waals surface area contributed by atoms with Crippen LogP contribution in [0.25, 0.3) is 0 Å². The molecular weight excluding hydrogens is 592 g/mol. The summed E-state index contributed by atoms with van der Waals surface area (Å²) in [7, 11) is 0. The van der Waals surface area contributed by atoms with Gasteiger partial charge in [0.05, 0.1) is 23.7 Å². The van der Waals surface area contributed by atoms with E-state index in [4.69, 9.17) is 14.6 Å². The lowest BCUT2D eigenvalue weighted by molar-refractivity contribution is -0.384. The second-order valence-electron chi connectivity index (χ2n) is 11.7. The molecule has 3 atom stereocenters. The molecule has 46 heavy (non-hydrogen) atoms. The second-order valence-corrected chi connectivity index (χ2v) is 11.7. The van der Waals surface area contributed by atoms with Crippen LogP contribution in [0.15, 0.2) is 72.8 Å². The van der Waals surface area contributed by atoms with Crippen molar-refractivity contribution in [2.45, 2.75) is 57.2 Å². The number of ether oxygens (including phenoxy) is 2. The van der Waals surface area contributed by atoms with Crippen LogP contribution in [0.5, 0.6) is 0 Å². The summed E-state index contributed by atoms with van der Waals surface area (Å²) in [6.45, 7) is 3.92. The summed E-state index contributed by atoms with van der Waals surface area (Å²) in [5.41, 5.74) is 4.35. The molecule has 244 valence electrons. The number of hydrogen-bond acceptors (Lipinski definition) is 9. The van der Waals surface area contributed by atoms with Gasteiger partial charge in [-0.25, -0.2) is 0 Å². The number of carbonyl (C=O) groups is 2. The molecule has 3 aromatic carbocycles. The van der Waals surface area contributed by atoms with E-state index < -0.39 is 12.3 Å². The zero-order valence-electron chi connectivity index (χ0n) is 25.6. The number of aliphatic carboxylic acids is 1. The van der Waals surface area contributed by atoms with E-state index in [9.17, 15) is 24.8 Å². The van der Waals surface area contributed by atoms with Crippen LogP contribution in [0.3, 0.4) is 0 Å². The lowest BCUT2D eigenvalue weighted by Crippen LogP contribution is -2.49. The lowest BCUT2D eigenvalue weighted by Gasteiger charge is -2.41. The van der Waals surface area contributed by atoms with Crippen LogP contribution in [0.2, 0.25) is 0 Å². The van der Waals surface area contributed by atoms with Crippen molar-refractivity contribution in [1.29, 1.82) is 0 Å². The zero-order chi connectivity index (χ0) is 32.5. The van der Waals surface area contributed by atoms with E-state index in [1.54, 1.807) is 12.1 Å². The van der Waals surface area contributed by atoms with Gasteiger partial charge in [-0.05, 0) is 48.2 Å². The highest BCUT2D eigenvalue weighted by Gasteiger charge is 2.34. The standard InChI is InChI=1S/C34H40N4O8/c39-23-24-5-7-25(8-6-24)31-21-30(22-36-17-19-37(20-18-36)28-13-15-29(16-14-28)38(43)44)45-34(46-31)26-9-11-27(12-10-26)35-32(40)3-1-2-4-33(41)42/h5-16,30-31,34,39H,1-4,17-23H2,(H,35,40)(H,41,42). The molecule has 12 heteroatoms. The van der Waals surface area contributed by atoms with Gasteiger partial charge in [-0.1, -0.05) is 36.4 Å². The summed E-state index contributed by atoms with van der Waals surface area (Å²) >= 11 is 0. The molecule has 2 aliphatic heterocycles. The predicted octanol–water partition coefficient (Wildman–Crippen LogP) is 5.04. The first-order valence-corrected chi connectivity index (χ1v) is 15.6. The van der Waals surface area contributed by atoms with Gasteiger partial charge >= 0.3 is 5.97 Å². The average molecular weight is 633 g/mol. The number of aliphatic hydroxyl groups excluding tert-OH is 1. The number of non-ortho nitro benzene ring substituents is 1. The van der Waals surface area contributed by atoms with Crippen molar-refractivity contribution in [2.24, 2.45) is 0 Å². The summed E-state index contributed by atoms with van der Waals surface area (Å²) in [5, 5.41) is 32.1. The first kappa shape index (κ1) is 33.0. The number of unbranched alkanes of at least 4 members (excludes halogenated alkanes) is 1. The van der Waals surface area contributed by atoms with Gasteiger partial charge in [0.25, 0.3) is 5.69 Å². The lowest BCUT2D eigenvalue weighted by atomic mass is 9.99. The molecule has 0 radical (unpaired) electrons. The SMILES string of the molecule is O=C(O)CCCCC(=O)Nc1ccc(C2OC(CN3CCN(c4ccc([N+](=O)[O-])cc4)CC3)CC(c3ccc(CO)cc3)O2)cc1. The number of rotatable bonds is 13. The van der Waals surface area contributed by atoms with Crippen LogP contribution < -0.4 is 10.2 Å². The minimum Gasteiger partial charge on any atom is -0.481 e. The summed E-state index contributed by atoms with van der Waals surface area (Å²) in [4.78, 5) is 38.2. The molecule has 0 aliphatic carbocycles. The number of carboxylic acids is 1. The topological polar surface area (TPSA) is 155 Å². The van der Waals surface area contributed by atoms with Gasteiger partial charge in [0.1, 0.15) is 0 Å². The van der Waals surface area contributed by atoms with Gasteiger partial charge in [-0.2, -0.15) is 0 Å². The fourth-order valence-electron chi connectivity index (χ4n) is 5.80. The highest BCUT2D eigenvalue weighted by Crippen LogP contribution is 2.38. The molecule has 3 aromatic rings. The molecule has 0 spiro atoms. The first-order valence-electron chi connectivity index (χ1n) is 15.6. The summed E-state index contributed by atoms with van der Waals surface area (Å²) < 4.78 is 13.0. The quantitative estimate of drug-likeness (QED) is 0.133. The normalized spacial score (nSPS) is 20.3.